The van der Waals surface area contributed by atoms with E-state index in [2.05, 4.69) is 34.0 Å². The van der Waals surface area contributed by atoms with Crippen LogP contribution < -0.4 is 5.73 Å². The van der Waals surface area contributed by atoms with Gasteiger partial charge in [0.15, 0.2) is 5.65 Å². The van der Waals surface area contributed by atoms with Crippen LogP contribution in [0.5, 0.6) is 0 Å². The predicted molar refractivity (Wildman–Crippen MR) is 68.5 cm³/mol. The first-order valence-electron chi connectivity index (χ1n) is 5.41. The standard InChI is InChI=1S/C13H12N4/c1-8-2-4-9(5-3-8)12-16-11-10(14)6-7-15-13(11)17-12/h2-7H,1H3,(H3,14,15,16,17). The summed E-state index contributed by atoms with van der Waals surface area (Å²) in [5.74, 6) is 0.797. The van der Waals surface area contributed by atoms with Crippen molar-refractivity contribution >= 4 is 16.9 Å². The Kier molecular flexibility index (Phi) is 2.08. The van der Waals surface area contributed by atoms with E-state index in [4.69, 9.17) is 5.73 Å². The Morgan fingerprint density at radius 2 is 1.88 bits per heavy atom. The maximum atomic E-state index is 5.86. The molecule has 0 saturated carbocycles. The normalized spacial score (nSPS) is 10.9. The van der Waals surface area contributed by atoms with Crippen LogP contribution >= 0.6 is 0 Å². The van der Waals surface area contributed by atoms with E-state index in [0.717, 1.165) is 16.9 Å². The number of fused-ring (bicyclic) bond motifs is 1. The molecule has 0 aliphatic heterocycles. The summed E-state index contributed by atoms with van der Waals surface area (Å²) in [7, 11) is 0. The SMILES string of the molecule is Cc1ccc(-c2nc3nccc(N)c3[nH]2)cc1. The number of nitrogens with one attached hydrogen (secondary N) is 1. The van der Waals surface area contributed by atoms with Crippen molar-refractivity contribution in [3.05, 3.63) is 42.1 Å². The minimum absolute atomic E-state index is 0.653. The quantitative estimate of drug-likeness (QED) is 0.667. The van der Waals surface area contributed by atoms with Gasteiger partial charge in [0.2, 0.25) is 0 Å². The summed E-state index contributed by atoms with van der Waals surface area (Å²) in [6.45, 7) is 2.06. The molecule has 0 aliphatic carbocycles. The topological polar surface area (TPSA) is 67.6 Å². The third-order valence-electron chi connectivity index (χ3n) is 2.75. The molecule has 4 nitrogen and oxygen atoms in total. The van der Waals surface area contributed by atoms with Gasteiger partial charge in [-0.15, -0.1) is 0 Å². The number of hydrogen-bond donors (Lipinski definition) is 2. The first-order chi connectivity index (χ1) is 8.24. The van der Waals surface area contributed by atoms with Crippen LogP contribution in [0.15, 0.2) is 36.5 Å². The molecule has 0 atom stereocenters. The van der Waals surface area contributed by atoms with Crippen LogP contribution in [-0.4, -0.2) is 15.0 Å². The molecule has 84 valence electrons. The zero-order chi connectivity index (χ0) is 11.8. The minimum atomic E-state index is 0.653. The summed E-state index contributed by atoms with van der Waals surface area (Å²) in [6.07, 6.45) is 1.66. The average Bonchev–Trinajstić information content (AvgIpc) is 2.75. The van der Waals surface area contributed by atoms with E-state index >= 15 is 0 Å². The van der Waals surface area contributed by atoms with Gasteiger partial charge in [-0.2, -0.15) is 0 Å². The van der Waals surface area contributed by atoms with Gasteiger partial charge >= 0.3 is 0 Å². The number of benzene rings is 1. The van der Waals surface area contributed by atoms with Crippen LogP contribution in [0.4, 0.5) is 5.69 Å². The summed E-state index contributed by atoms with van der Waals surface area (Å²) >= 11 is 0. The van der Waals surface area contributed by atoms with Crippen LogP contribution in [0.3, 0.4) is 0 Å². The molecule has 0 saturated heterocycles. The van der Waals surface area contributed by atoms with Crippen molar-refractivity contribution in [1.29, 1.82) is 0 Å². The third-order valence-corrected chi connectivity index (χ3v) is 2.75. The van der Waals surface area contributed by atoms with Crippen molar-refractivity contribution in [2.24, 2.45) is 0 Å². The molecule has 17 heavy (non-hydrogen) atoms. The Bertz CT molecular complexity index is 667. The molecule has 0 fully saturated rings. The molecule has 4 heteroatoms. The fourth-order valence-corrected chi connectivity index (χ4v) is 1.78. The van der Waals surface area contributed by atoms with Gasteiger partial charge in [0.25, 0.3) is 0 Å². The van der Waals surface area contributed by atoms with Gasteiger partial charge in [0.1, 0.15) is 11.3 Å². The molecule has 1 aromatic carbocycles. The van der Waals surface area contributed by atoms with Crippen molar-refractivity contribution in [2.45, 2.75) is 6.92 Å². The van der Waals surface area contributed by atoms with Crippen molar-refractivity contribution < 1.29 is 0 Å². The Balaban J connectivity index is 2.18. The zero-order valence-electron chi connectivity index (χ0n) is 9.44. The Labute approximate surface area is 98.5 Å². The predicted octanol–water partition coefficient (Wildman–Crippen LogP) is 2.52. The van der Waals surface area contributed by atoms with E-state index in [9.17, 15) is 0 Å². The molecule has 0 unspecified atom stereocenters. The number of pyridine rings is 1. The molecule has 3 aromatic rings. The monoisotopic (exact) mass is 224 g/mol. The zero-order valence-corrected chi connectivity index (χ0v) is 9.44. The van der Waals surface area contributed by atoms with Crippen LogP contribution in [-0.2, 0) is 0 Å². The molecule has 0 spiro atoms. The Morgan fingerprint density at radius 1 is 1.12 bits per heavy atom. The van der Waals surface area contributed by atoms with Crippen molar-refractivity contribution in [3.63, 3.8) is 0 Å². The number of imidazole rings is 1. The smallest absolute Gasteiger partial charge is 0.180 e. The summed E-state index contributed by atoms with van der Waals surface area (Å²) in [5, 5.41) is 0. The lowest BCUT2D eigenvalue weighted by Crippen LogP contribution is -1.87. The molecular weight excluding hydrogens is 212 g/mol. The van der Waals surface area contributed by atoms with Gasteiger partial charge in [0.05, 0.1) is 5.69 Å². The Hall–Kier alpha value is -2.36. The lowest BCUT2D eigenvalue weighted by Gasteiger charge is -1.96. The lowest BCUT2D eigenvalue weighted by atomic mass is 10.1. The number of nitrogens with two attached hydrogens (primary N) is 1. The van der Waals surface area contributed by atoms with E-state index < -0.39 is 0 Å². The van der Waals surface area contributed by atoms with Gasteiger partial charge < -0.3 is 10.7 Å². The van der Waals surface area contributed by atoms with Crippen molar-refractivity contribution in [2.75, 3.05) is 5.73 Å². The average molecular weight is 224 g/mol. The largest absolute Gasteiger partial charge is 0.397 e. The first kappa shape index (κ1) is 9.84. The fraction of sp³-hybridized carbons (Fsp3) is 0.0769. The number of anilines is 1. The second-order valence-electron chi connectivity index (χ2n) is 4.05. The summed E-state index contributed by atoms with van der Waals surface area (Å²) < 4.78 is 0. The summed E-state index contributed by atoms with van der Waals surface area (Å²) in [6, 6.07) is 9.94. The molecule has 0 radical (unpaired) electrons. The third kappa shape index (κ3) is 1.63. The molecular formula is C13H12N4. The number of aromatic amines is 1. The van der Waals surface area contributed by atoms with Gasteiger partial charge in [-0.3, -0.25) is 0 Å². The second-order valence-corrected chi connectivity index (χ2v) is 4.05. The second kappa shape index (κ2) is 3.59. The van der Waals surface area contributed by atoms with Gasteiger partial charge in [0, 0.05) is 11.8 Å². The van der Waals surface area contributed by atoms with E-state index in [0.29, 0.717) is 11.3 Å². The van der Waals surface area contributed by atoms with E-state index in [-0.39, 0.29) is 0 Å². The molecule has 3 N–H and O–H groups in total. The minimum Gasteiger partial charge on any atom is -0.397 e. The Morgan fingerprint density at radius 3 is 2.59 bits per heavy atom. The van der Waals surface area contributed by atoms with E-state index in [1.54, 1.807) is 12.3 Å². The number of rotatable bonds is 1. The van der Waals surface area contributed by atoms with Crippen LogP contribution in [0, 0.1) is 6.92 Å². The lowest BCUT2D eigenvalue weighted by molar-refractivity contribution is 1.30. The van der Waals surface area contributed by atoms with Crippen molar-refractivity contribution in [3.8, 4) is 11.4 Å². The highest BCUT2D eigenvalue weighted by Crippen LogP contribution is 2.22. The van der Waals surface area contributed by atoms with Gasteiger partial charge in [-0.05, 0) is 13.0 Å². The summed E-state index contributed by atoms with van der Waals surface area (Å²) in [5.41, 5.74) is 10.2. The molecule has 2 heterocycles. The number of aromatic nitrogens is 3. The highest BCUT2D eigenvalue weighted by Gasteiger charge is 2.07. The number of hydrogen-bond acceptors (Lipinski definition) is 3. The molecule has 0 aliphatic rings. The molecule has 2 aromatic heterocycles. The molecule has 0 bridgehead atoms. The summed E-state index contributed by atoms with van der Waals surface area (Å²) in [4.78, 5) is 11.8. The van der Waals surface area contributed by atoms with Gasteiger partial charge in [-0.25, -0.2) is 9.97 Å². The molecule has 3 rings (SSSR count). The van der Waals surface area contributed by atoms with Crippen LogP contribution in [0.1, 0.15) is 5.56 Å². The number of nitrogens with zero attached hydrogens (tertiary/aromatic N) is 2. The maximum Gasteiger partial charge on any atom is 0.180 e. The highest BCUT2D eigenvalue weighted by molar-refractivity contribution is 5.86. The maximum absolute atomic E-state index is 5.86. The fourth-order valence-electron chi connectivity index (χ4n) is 1.78. The van der Waals surface area contributed by atoms with Crippen LogP contribution in [0.2, 0.25) is 0 Å². The van der Waals surface area contributed by atoms with Crippen molar-refractivity contribution in [1.82, 2.24) is 15.0 Å². The van der Waals surface area contributed by atoms with Gasteiger partial charge in [-0.1, -0.05) is 29.8 Å². The van der Waals surface area contributed by atoms with Crippen LogP contribution in [0.25, 0.3) is 22.6 Å². The first-order valence-corrected chi connectivity index (χ1v) is 5.41. The number of aryl methyl sites for hydroxylation is 1. The number of nitrogen functional groups attached to an aromatic ring is 1. The number of H-pyrrole nitrogens is 1. The van der Waals surface area contributed by atoms with E-state index in [1.807, 2.05) is 12.1 Å². The molecule has 0 amide bonds. The van der Waals surface area contributed by atoms with E-state index in [1.165, 1.54) is 5.56 Å². The highest BCUT2D eigenvalue weighted by atomic mass is 15.0.